The molecule has 3 aromatic heterocycles. The van der Waals surface area contributed by atoms with Gasteiger partial charge in [0.05, 0.1) is 11.0 Å². The van der Waals surface area contributed by atoms with Gasteiger partial charge in [0, 0.05) is 77.9 Å². The van der Waals surface area contributed by atoms with Gasteiger partial charge in [0.15, 0.2) is 0 Å². The minimum Gasteiger partial charge on any atom is -0.344 e. The Labute approximate surface area is 254 Å². The van der Waals surface area contributed by atoms with Gasteiger partial charge in [0.1, 0.15) is 0 Å². The maximum Gasteiger partial charge on any atom is 0.0548 e. The Balaban J connectivity index is 0.000000293. The number of hydrogen-bond donors (Lipinski definition) is 0. The summed E-state index contributed by atoms with van der Waals surface area (Å²) >= 11 is 1.89. The SMILES string of the molecule is C=CN=C/C=C(\C)C=C.Cn1c2cc3c(cc2c2cc4c(cc21)c1ccccc1n4-c1ccccc1)sc1ccccc13. The van der Waals surface area contributed by atoms with E-state index in [1.54, 1.807) is 12.3 Å². The van der Waals surface area contributed by atoms with E-state index in [9.17, 15) is 0 Å². The summed E-state index contributed by atoms with van der Waals surface area (Å²) in [6, 6.07) is 37.8. The molecule has 0 aliphatic rings. The van der Waals surface area contributed by atoms with Crippen LogP contribution >= 0.6 is 11.3 Å². The minimum atomic E-state index is 1.10. The maximum absolute atomic E-state index is 3.77. The van der Waals surface area contributed by atoms with E-state index in [4.69, 9.17) is 0 Å². The fourth-order valence-electron chi connectivity index (χ4n) is 6.02. The number of benzene rings is 5. The number of aromatic nitrogens is 2. The molecule has 3 heterocycles. The first kappa shape index (κ1) is 26.7. The van der Waals surface area contributed by atoms with Crippen molar-refractivity contribution in [2.24, 2.45) is 12.0 Å². The van der Waals surface area contributed by atoms with E-state index in [-0.39, 0.29) is 0 Å². The lowest BCUT2D eigenvalue weighted by Gasteiger charge is -2.07. The summed E-state index contributed by atoms with van der Waals surface area (Å²) < 4.78 is 7.47. The van der Waals surface area contributed by atoms with E-state index in [1.807, 2.05) is 24.3 Å². The number of aliphatic imine (C=N–C) groups is 1. The number of para-hydroxylation sites is 2. The molecule has 0 aliphatic carbocycles. The van der Waals surface area contributed by atoms with Crippen LogP contribution in [-0.4, -0.2) is 15.3 Å². The van der Waals surface area contributed by atoms with Crippen LogP contribution in [0.15, 0.2) is 145 Å². The normalized spacial score (nSPS) is 12.2. The van der Waals surface area contributed by atoms with Gasteiger partial charge in [-0.05, 0) is 61.5 Å². The van der Waals surface area contributed by atoms with Crippen LogP contribution in [0, 0.1) is 0 Å². The Hall–Kier alpha value is -5.19. The van der Waals surface area contributed by atoms with Crippen molar-refractivity contribution in [2.75, 3.05) is 0 Å². The van der Waals surface area contributed by atoms with Crippen LogP contribution in [0.1, 0.15) is 6.92 Å². The molecule has 0 spiro atoms. The number of nitrogens with zero attached hydrogens (tertiary/aromatic N) is 3. The Morgan fingerprint density at radius 1 is 0.651 bits per heavy atom. The molecular weight excluding hydrogens is 543 g/mol. The zero-order chi connectivity index (χ0) is 29.5. The average molecular weight is 574 g/mol. The summed E-state index contributed by atoms with van der Waals surface area (Å²) in [6.45, 7) is 8.97. The van der Waals surface area contributed by atoms with Gasteiger partial charge in [0.25, 0.3) is 0 Å². The molecule has 0 amide bonds. The second-order valence-electron chi connectivity index (χ2n) is 10.7. The monoisotopic (exact) mass is 573 g/mol. The standard InChI is InChI=1S/C31H20N2S.C8H11N/c1-32-27-15-22-20-11-5-7-13-26(20)33(19-9-3-2-4-10-19)29(22)16-23(27)24-18-31-25(17-28(24)32)21-12-6-8-14-30(21)34-31;1-4-8(3)6-7-9-5-2/h2-18H,1H3;4-7H,1-2H2,3H3/b;8-6+,9-7?. The predicted molar refractivity (Wildman–Crippen MR) is 190 cm³/mol. The van der Waals surface area contributed by atoms with Crippen LogP contribution in [-0.2, 0) is 7.05 Å². The van der Waals surface area contributed by atoms with E-state index in [2.05, 4.69) is 137 Å². The van der Waals surface area contributed by atoms with E-state index >= 15 is 0 Å². The van der Waals surface area contributed by atoms with Gasteiger partial charge in [0.2, 0.25) is 0 Å². The molecule has 8 aromatic rings. The van der Waals surface area contributed by atoms with Gasteiger partial charge in [-0.25, -0.2) is 0 Å². The molecule has 0 radical (unpaired) electrons. The molecule has 0 atom stereocenters. The molecule has 0 fully saturated rings. The lowest BCUT2D eigenvalue weighted by Crippen LogP contribution is -1.93. The Morgan fingerprint density at radius 2 is 1.28 bits per heavy atom. The van der Waals surface area contributed by atoms with E-state index in [1.165, 1.54) is 75.7 Å². The quantitative estimate of drug-likeness (QED) is 0.148. The third-order valence-corrected chi connectivity index (χ3v) is 9.30. The van der Waals surface area contributed by atoms with Crippen molar-refractivity contribution in [1.29, 1.82) is 0 Å². The van der Waals surface area contributed by atoms with Crippen molar-refractivity contribution in [3.63, 3.8) is 0 Å². The van der Waals surface area contributed by atoms with Crippen LogP contribution in [0.25, 0.3) is 69.5 Å². The predicted octanol–water partition coefficient (Wildman–Crippen LogP) is 11.1. The van der Waals surface area contributed by atoms with Crippen LogP contribution in [0.5, 0.6) is 0 Å². The zero-order valence-corrected chi connectivity index (χ0v) is 25.1. The lowest BCUT2D eigenvalue weighted by molar-refractivity contribution is 1.02. The smallest absolute Gasteiger partial charge is 0.0548 e. The van der Waals surface area contributed by atoms with Gasteiger partial charge in [-0.2, -0.15) is 0 Å². The molecule has 5 aromatic carbocycles. The Morgan fingerprint density at radius 3 is 2.05 bits per heavy atom. The fraction of sp³-hybridized carbons (Fsp3) is 0.0513. The number of fused-ring (bicyclic) bond motifs is 9. The molecular formula is C39H31N3S. The first-order valence-electron chi connectivity index (χ1n) is 14.3. The number of hydrogen-bond acceptors (Lipinski definition) is 2. The van der Waals surface area contributed by atoms with Gasteiger partial charge < -0.3 is 9.13 Å². The van der Waals surface area contributed by atoms with Gasteiger partial charge >= 0.3 is 0 Å². The van der Waals surface area contributed by atoms with Crippen molar-refractivity contribution in [2.45, 2.75) is 6.92 Å². The van der Waals surface area contributed by atoms with E-state index < -0.39 is 0 Å². The molecule has 4 heteroatoms. The number of allylic oxidation sites excluding steroid dienone is 3. The first-order valence-corrected chi connectivity index (χ1v) is 15.2. The third kappa shape index (κ3) is 4.48. The second kappa shape index (κ2) is 10.9. The fourth-order valence-corrected chi connectivity index (χ4v) is 7.15. The molecule has 0 bridgehead atoms. The number of rotatable bonds is 4. The van der Waals surface area contributed by atoms with Crippen molar-refractivity contribution < 1.29 is 0 Å². The first-order chi connectivity index (χ1) is 21.1. The highest BCUT2D eigenvalue weighted by Gasteiger charge is 2.17. The van der Waals surface area contributed by atoms with E-state index in [0.717, 1.165) is 5.57 Å². The van der Waals surface area contributed by atoms with Crippen molar-refractivity contribution in [3.8, 4) is 5.69 Å². The molecule has 0 saturated carbocycles. The van der Waals surface area contributed by atoms with Gasteiger partial charge in [-0.1, -0.05) is 79.4 Å². The highest BCUT2D eigenvalue weighted by Crippen LogP contribution is 2.41. The zero-order valence-electron chi connectivity index (χ0n) is 24.3. The molecule has 43 heavy (non-hydrogen) atoms. The summed E-state index contributed by atoms with van der Waals surface area (Å²) in [5, 5.41) is 7.92. The summed E-state index contributed by atoms with van der Waals surface area (Å²) in [5.41, 5.74) is 7.36. The summed E-state index contributed by atoms with van der Waals surface area (Å²) in [7, 11) is 2.20. The summed E-state index contributed by atoms with van der Waals surface area (Å²) in [4.78, 5) is 3.77. The lowest BCUT2D eigenvalue weighted by atomic mass is 10.1. The summed E-state index contributed by atoms with van der Waals surface area (Å²) in [5.74, 6) is 0. The van der Waals surface area contributed by atoms with Gasteiger partial charge in [-0.15, -0.1) is 11.3 Å². The summed E-state index contributed by atoms with van der Waals surface area (Å²) in [6.07, 6.45) is 6.82. The molecule has 0 unspecified atom stereocenters. The third-order valence-electron chi connectivity index (χ3n) is 8.16. The topological polar surface area (TPSA) is 22.2 Å². The Kier molecular flexibility index (Phi) is 6.77. The molecule has 0 saturated heterocycles. The van der Waals surface area contributed by atoms with Crippen LogP contribution in [0.4, 0.5) is 0 Å². The van der Waals surface area contributed by atoms with Crippen molar-refractivity contribution in [1.82, 2.24) is 9.13 Å². The number of aryl methyl sites for hydroxylation is 1. The molecule has 0 aliphatic heterocycles. The largest absolute Gasteiger partial charge is 0.344 e. The Bertz CT molecular complexity index is 2390. The maximum atomic E-state index is 3.77. The molecule has 0 N–H and O–H groups in total. The minimum absolute atomic E-state index is 1.10. The van der Waals surface area contributed by atoms with Crippen molar-refractivity contribution >= 4 is 81.3 Å². The highest BCUT2D eigenvalue weighted by atomic mass is 32.1. The highest BCUT2D eigenvalue weighted by molar-refractivity contribution is 7.25. The molecule has 8 rings (SSSR count). The molecule has 3 nitrogen and oxygen atoms in total. The molecule has 208 valence electrons. The van der Waals surface area contributed by atoms with Crippen LogP contribution in [0.3, 0.4) is 0 Å². The van der Waals surface area contributed by atoms with Crippen LogP contribution < -0.4 is 0 Å². The number of thiophene rings is 1. The second-order valence-corrected chi connectivity index (χ2v) is 11.8. The van der Waals surface area contributed by atoms with Gasteiger partial charge in [-0.3, -0.25) is 4.99 Å². The van der Waals surface area contributed by atoms with Crippen molar-refractivity contribution in [3.05, 3.63) is 140 Å². The average Bonchev–Trinajstić information content (AvgIpc) is 3.67. The van der Waals surface area contributed by atoms with Crippen LogP contribution in [0.2, 0.25) is 0 Å². The van der Waals surface area contributed by atoms with E-state index in [0.29, 0.717) is 0 Å².